The van der Waals surface area contributed by atoms with Gasteiger partial charge in [-0.2, -0.15) is 4.80 Å². The zero-order valence-corrected chi connectivity index (χ0v) is 16.2. The number of ether oxygens (including phenoxy) is 1. The van der Waals surface area contributed by atoms with Crippen molar-refractivity contribution in [3.8, 4) is 34.0 Å². The summed E-state index contributed by atoms with van der Waals surface area (Å²) in [6.07, 6.45) is 0. The molecule has 0 fully saturated rings. The van der Waals surface area contributed by atoms with Gasteiger partial charge in [0, 0.05) is 17.3 Å². The number of nitrogens with one attached hydrogen (secondary N) is 1. The number of anilines is 1. The summed E-state index contributed by atoms with van der Waals surface area (Å²) in [7, 11) is 1.64. The maximum atomic E-state index is 12.2. The number of phenols is 1. The third kappa shape index (κ3) is 4.44. The average molecular weight is 401 g/mol. The second kappa shape index (κ2) is 8.44. The highest BCUT2D eigenvalue weighted by molar-refractivity contribution is 5.90. The lowest BCUT2D eigenvalue weighted by molar-refractivity contribution is -0.117. The van der Waals surface area contributed by atoms with Gasteiger partial charge in [-0.1, -0.05) is 42.5 Å². The van der Waals surface area contributed by atoms with E-state index in [2.05, 4.69) is 20.7 Å². The van der Waals surface area contributed by atoms with Crippen molar-refractivity contribution in [2.75, 3.05) is 12.4 Å². The molecule has 30 heavy (non-hydrogen) atoms. The molecule has 1 heterocycles. The van der Waals surface area contributed by atoms with Crippen LogP contribution in [0, 0.1) is 0 Å². The number of hydrogen-bond donors (Lipinski definition) is 2. The third-order valence-electron chi connectivity index (χ3n) is 4.43. The van der Waals surface area contributed by atoms with E-state index in [1.54, 1.807) is 19.2 Å². The van der Waals surface area contributed by atoms with Crippen LogP contribution < -0.4 is 10.1 Å². The molecule has 0 spiro atoms. The second-order valence-electron chi connectivity index (χ2n) is 6.55. The lowest BCUT2D eigenvalue weighted by Crippen LogP contribution is -2.20. The van der Waals surface area contributed by atoms with Gasteiger partial charge in [0.1, 0.15) is 18.0 Å². The molecule has 4 aromatic rings. The number of aromatic nitrogens is 4. The van der Waals surface area contributed by atoms with Gasteiger partial charge in [-0.15, -0.1) is 10.2 Å². The molecule has 0 saturated heterocycles. The Morgan fingerprint density at radius 2 is 1.67 bits per heavy atom. The lowest BCUT2D eigenvalue weighted by atomic mass is 10.0. The number of carbonyl (C=O) groups is 1. The SMILES string of the molecule is COc1ccc(-c2ccc(-c3nnn(CC(=O)Nc4cccc(O)c4)n3)cc2)cc1. The molecule has 1 amide bonds. The number of nitrogens with zero attached hydrogens (tertiary/aromatic N) is 4. The number of amides is 1. The van der Waals surface area contributed by atoms with E-state index in [0.29, 0.717) is 11.5 Å². The average Bonchev–Trinajstić information content (AvgIpc) is 3.22. The maximum absolute atomic E-state index is 12.2. The van der Waals surface area contributed by atoms with Crippen molar-refractivity contribution >= 4 is 11.6 Å². The van der Waals surface area contributed by atoms with Gasteiger partial charge < -0.3 is 15.2 Å². The minimum atomic E-state index is -0.320. The first kappa shape index (κ1) is 19.1. The summed E-state index contributed by atoms with van der Waals surface area (Å²) in [4.78, 5) is 13.4. The molecule has 8 nitrogen and oxygen atoms in total. The fourth-order valence-electron chi connectivity index (χ4n) is 2.93. The molecule has 3 aromatic carbocycles. The molecule has 8 heteroatoms. The summed E-state index contributed by atoms with van der Waals surface area (Å²) in [5, 5.41) is 24.4. The second-order valence-corrected chi connectivity index (χ2v) is 6.55. The van der Waals surface area contributed by atoms with Crippen molar-refractivity contribution < 1.29 is 14.6 Å². The van der Waals surface area contributed by atoms with Crippen molar-refractivity contribution in [2.45, 2.75) is 6.54 Å². The van der Waals surface area contributed by atoms with Crippen molar-refractivity contribution in [2.24, 2.45) is 0 Å². The molecule has 1 aromatic heterocycles. The summed E-state index contributed by atoms with van der Waals surface area (Å²) in [5.41, 5.74) is 3.42. The zero-order valence-electron chi connectivity index (χ0n) is 16.2. The van der Waals surface area contributed by atoms with Crippen molar-refractivity contribution in [1.29, 1.82) is 0 Å². The molecule has 0 bridgehead atoms. The van der Waals surface area contributed by atoms with Crippen LogP contribution in [0.1, 0.15) is 0 Å². The highest BCUT2D eigenvalue weighted by Crippen LogP contribution is 2.24. The standard InChI is InChI=1S/C22H19N5O3/c1-30-20-11-9-16(10-12-20)15-5-7-17(8-6-15)22-24-26-27(25-22)14-21(29)23-18-3-2-4-19(28)13-18/h2-13,28H,14H2,1H3,(H,23,29). The molecular weight excluding hydrogens is 382 g/mol. The number of hydrogen-bond acceptors (Lipinski definition) is 6. The Labute approximate surface area is 172 Å². The van der Waals surface area contributed by atoms with Crippen LogP contribution in [-0.4, -0.2) is 38.3 Å². The number of rotatable bonds is 6. The quantitative estimate of drug-likeness (QED) is 0.514. The first-order chi connectivity index (χ1) is 14.6. The first-order valence-electron chi connectivity index (χ1n) is 9.22. The van der Waals surface area contributed by atoms with Crippen LogP contribution in [0.2, 0.25) is 0 Å². The van der Waals surface area contributed by atoms with Crippen LogP contribution >= 0.6 is 0 Å². The molecular formula is C22H19N5O3. The molecule has 2 N–H and O–H groups in total. The fraction of sp³-hybridized carbons (Fsp3) is 0.0909. The fourth-order valence-corrected chi connectivity index (χ4v) is 2.93. The molecule has 0 radical (unpaired) electrons. The Balaban J connectivity index is 1.42. The molecule has 0 aliphatic carbocycles. The van der Waals surface area contributed by atoms with E-state index in [-0.39, 0.29) is 18.2 Å². The molecule has 0 atom stereocenters. The number of phenolic OH excluding ortho intramolecular Hbond substituents is 1. The predicted octanol–water partition coefficient (Wildman–Crippen LogP) is 3.36. The molecule has 150 valence electrons. The zero-order chi connectivity index (χ0) is 20.9. The Hall–Kier alpha value is -4.20. The van der Waals surface area contributed by atoms with Crippen molar-refractivity contribution in [1.82, 2.24) is 20.2 Å². The van der Waals surface area contributed by atoms with E-state index in [1.165, 1.54) is 16.9 Å². The number of tetrazole rings is 1. The van der Waals surface area contributed by atoms with E-state index in [1.807, 2.05) is 48.5 Å². The van der Waals surface area contributed by atoms with Crippen molar-refractivity contribution in [3.05, 3.63) is 72.8 Å². The Morgan fingerprint density at radius 1 is 1.00 bits per heavy atom. The Kier molecular flexibility index (Phi) is 5.38. The van der Waals surface area contributed by atoms with Crippen LogP contribution in [0.15, 0.2) is 72.8 Å². The van der Waals surface area contributed by atoms with E-state index >= 15 is 0 Å². The summed E-state index contributed by atoms with van der Waals surface area (Å²) < 4.78 is 5.18. The van der Waals surface area contributed by atoms with Crippen LogP contribution in [0.4, 0.5) is 5.69 Å². The van der Waals surface area contributed by atoms with E-state index in [9.17, 15) is 9.90 Å². The van der Waals surface area contributed by atoms with Gasteiger partial charge in [0.25, 0.3) is 0 Å². The molecule has 0 saturated carbocycles. The Morgan fingerprint density at radius 3 is 2.33 bits per heavy atom. The predicted molar refractivity (Wildman–Crippen MR) is 112 cm³/mol. The largest absolute Gasteiger partial charge is 0.508 e. The normalized spacial score (nSPS) is 10.6. The first-order valence-corrected chi connectivity index (χ1v) is 9.22. The molecule has 0 unspecified atom stereocenters. The van der Waals surface area contributed by atoms with Crippen LogP contribution in [0.25, 0.3) is 22.5 Å². The number of aromatic hydroxyl groups is 1. The van der Waals surface area contributed by atoms with E-state index < -0.39 is 0 Å². The summed E-state index contributed by atoms with van der Waals surface area (Å²) in [6.45, 7) is -0.0907. The smallest absolute Gasteiger partial charge is 0.248 e. The molecule has 0 aliphatic heterocycles. The third-order valence-corrected chi connectivity index (χ3v) is 4.43. The van der Waals surface area contributed by atoms with E-state index in [4.69, 9.17) is 4.74 Å². The highest BCUT2D eigenvalue weighted by atomic mass is 16.5. The van der Waals surface area contributed by atoms with Gasteiger partial charge in [0.05, 0.1) is 7.11 Å². The van der Waals surface area contributed by atoms with Crippen LogP contribution in [-0.2, 0) is 11.3 Å². The minimum absolute atomic E-state index is 0.0760. The number of benzene rings is 3. The van der Waals surface area contributed by atoms with Gasteiger partial charge in [-0.3, -0.25) is 4.79 Å². The van der Waals surface area contributed by atoms with Crippen LogP contribution in [0.5, 0.6) is 11.5 Å². The lowest BCUT2D eigenvalue weighted by Gasteiger charge is -2.05. The van der Waals surface area contributed by atoms with E-state index in [0.717, 1.165) is 22.4 Å². The number of methoxy groups -OCH3 is 1. The minimum Gasteiger partial charge on any atom is -0.508 e. The van der Waals surface area contributed by atoms with Gasteiger partial charge in [0.15, 0.2) is 0 Å². The summed E-state index contributed by atoms with van der Waals surface area (Å²) in [5.74, 6) is 0.997. The maximum Gasteiger partial charge on any atom is 0.248 e. The Bertz CT molecular complexity index is 1150. The summed E-state index contributed by atoms with van der Waals surface area (Å²) in [6, 6.07) is 21.9. The topological polar surface area (TPSA) is 102 Å². The monoisotopic (exact) mass is 401 g/mol. The van der Waals surface area contributed by atoms with Gasteiger partial charge in [-0.05, 0) is 40.6 Å². The summed E-state index contributed by atoms with van der Waals surface area (Å²) >= 11 is 0. The van der Waals surface area contributed by atoms with Crippen LogP contribution in [0.3, 0.4) is 0 Å². The van der Waals surface area contributed by atoms with Gasteiger partial charge >= 0.3 is 0 Å². The highest BCUT2D eigenvalue weighted by Gasteiger charge is 2.10. The number of carbonyl (C=O) groups excluding carboxylic acids is 1. The molecule has 0 aliphatic rings. The van der Waals surface area contributed by atoms with Gasteiger partial charge in [-0.25, -0.2) is 0 Å². The molecule has 4 rings (SSSR count). The van der Waals surface area contributed by atoms with Crippen molar-refractivity contribution in [3.63, 3.8) is 0 Å². The van der Waals surface area contributed by atoms with Gasteiger partial charge in [0.2, 0.25) is 11.7 Å².